The fraction of sp³-hybridized carbons (Fsp3) is 0.600. The van der Waals surface area contributed by atoms with Crippen LogP contribution in [0.25, 0.3) is 0 Å². The molecule has 1 atom stereocenters. The highest BCUT2D eigenvalue weighted by Gasteiger charge is 2.20. The van der Waals surface area contributed by atoms with Crippen molar-refractivity contribution in [2.75, 3.05) is 18.0 Å². The molecule has 4 nitrogen and oxygen atoms in total. The molecule has 15 heavy (non-hydrogen) atoms. The quantitative estimate of drug-likeness (QED) is 0.737. The van der Waals surface area contributed by atoms with Crippen molar-refractivity contribution in [2.24, 2.45) is 0 Å². The van der Waals surface area contributed by atoms with Gasteiger partial charge in [-0.25, -0.2) is 9.97 Å². The first-order valence-corrected chi connectivity index (χ1v) is 5.47. The monoisotopic (exact) mass is 227 g/mol. The topological polar surface area (TPSA) is 49.2 Å². The summed E-state index contributed by atoms with van der Waals surface area (Å²) in [4.78, 5) is 10.4. The van der Waals surface area contributed by atoms with Crippen LogP contribution in [0.2, 0.25) is 5.15 Å². The molecular formula is C10H14ClN3O. The van der Waals surface area contributed by atoms with Crippen LogP contribution >= 0.6 is 11.6 Å². The van der Waals surface area contributed by atoms with Gasteiger partial charge >= 0.3 is 0 Å². The highest BCUT2D eigenvalue weighted by molar-refractivity contribution is 6.30. The Labute approximate surface area is 93.9 Å². The maximum atomic E-state index is 9.53. The summed E-state index contributed by atoms with van der Waals surface area (Å²) in [6.45, 7) is 3.35. The van der Waals surface area contributed by atoms with Gasteiger partial charge < -0.3 is 10.0 Å². The zero-order valence-corrected chi connectivity index (χ0v) is 9.41. The highest BCUT2D eigenvalue weighted by atomic mass is 35.5. The van der Waals surface area contributed by atoms with E-state index in [-0.39, 0.29) is 6.10 Å². The van der Waals surface area contributed by atoms with Crippen LogP contribution in [0, 0.1) is 6.92 Å². The lowest BCUT2D eigenvalue weighted by atomic mass is 10.1. The maximum absolute atomic E-state index is 9.53. The van der Waals surface area contributed by atoms with Gasteiger partial charge in [-0.3, -0.25) is 0 Å². The number of anilines is 1. The molecule has 1 aliphatic rings. The summed E-state index contributed by atoms with van der Waals surface area (Å²) in [7, 11) is 0. The van der Waals surface area contributed by atoms with E-state index in [4.69, 9.17) is 11.6 Å². The fourth-order valence-corrected chi connectivity index (χ4v) is 1.83. The number of aliphatic hydroxyl groups excluding tert-OH is 1. The number of nitrogens with zero attached hydrogens (tertiary/aromatic N) is 3. The zero-order valence-electron chi connectivity index (χ0n) is 8.65. The van der Waals surface area contributed by atoms with Crippen molar-refractivity contribution in [1.29, 1.82) is 0 Å². The van der Waals surface area contributed by atoms with E-state index in [9.17, 15) is 5.11 Å². The highest BCUT2D eigenvalue weighted by Crippen LogP contribution is 2.19. The first-order valence-electron chi connectivity index (χ1n) is 5.09. The molecule has 1 aromatic rings. The number of hydrogen-bond donors (Lipinski definition) is 1. The Kier molecular flexibility index (Phi) is 3.07. The minimum Gasteiger partial charge on any atom is -0.391 e. The predicted octanol–water partition coefficient (Wildman–Crippen LogP) is 1.40. The van der Waals surface area contributed by atoms with Crippen LogP contribution in [0.3, 0.4) is 0 Å². The normalized spacial score (nSPS) is 21.8. The number of rotatable bonds is 1. The van der Waals surface area contributed by atoms with Gasteiger partial charge in [0.25, 0.3) is 0 Å². The third-order valence-electron chi connectivity index (χ3n) is 2.58. The molecule has 0 radical (unpaired) electrons. The largest absolute Gasteiger partial charge is 0.391 e. The van der Waals surface area contributed by atoms with Gasteiger partial charge in [-0.1, -0.05) is 11.6 Å². The number of aliphatic hydroxyl groups is 1. The van der Waals surface area contributed by atoms with Gasteiger partial charge in [-0.05, 0) is 19.8 Å². The van der Waals surface area contributed by atoms with Gasteiger partial charge in [0, 0.05) is 24.8 Å². The number of halogens is 1. The van der Waals surface area contributed by atoms with Crippen LogP contribution < -0.4 is 4.90 Å². The third-order valence-corrected chi connectivity index (χ3v) is 2.96. The number of hydrogen-bond acceptors (Lipinski definition) is 4. The van der Waals surface area contributed by atoms with Crippen molar-refractivity contribution in [3.8, 4) is 0 Å². The van der Waals surface area contributed by atoms with Gasteiger partial charge in [0.05, 0.1) is 6.10 Å². The Balaban J connectivity index is 2.18. The van der Waals surface area contributed by atoms with Crippen LogP contribution in [-0.4, -0.2) is 34.3 Å². The summed E-state index contributed by atoms with van der Waals surface area (Å²) >= 11 is 5.93. The Hall–Kier alpha value is -0.870. The first-order chi connectivity index (χ1) is 7.16. The molecule has 0 saturated carbocycles. The third kappa shape index (κ3) is 2.38. The summed E-state index contributed by atoms with van der Waals surface area (Å²) in [6.07, 6.45) is 3.26. The molecule has 2 heterocycles. The molecule has 82 valence electrons. The number of piperidine rings is 1. The van der Waals surface area contributed by atoms with Crippen molar-refractivity contribution < 1.29 is 5.11 Å². The van der Waals surface area contributed by atoms with E-state index in [2.05, 4.69) is 9.97 Å². The molecule has 1 N–H and O–H groups in total. The molecule has 2 rings (SSSR count). The van der Waals surface area contributed by atoms with Crippen LogP contribution in [0.5, 0.6) is 0 Å². The maximum Gasteiger partial charge on any atom is 0.226 e. The molecule has 0 amide bonds. The number of aromatic nitrogens is 2. The number of β-amino-alcohol motifs (C(OH)–C–C–N with tert-alkyl or cyclic N) is 1. The van der Waals surface area contributed by atoms with Crippen molar-refractivity contribution in [3.63, 3.8) is 0 Å². The van der Waals surface area contributed by atoms with Crippen molar-refractivity contribution in [3.05, 3.63) is 16.9 Å². The smallest absolute Gasteiger partial charge is 0.226 e. The standard InChI is InChI=1S/C10H14ClN3O/c1-7-5-12-10(13-9(7)11)14-4-2-3-8(15)6-14/h5,8,15H,2-4,6H2,1H3/t8-/m0/s1. The molecule has 0 aliphatic carbocycles. The molecule has 1 aromatic heterocycles. The summed E-state index contributed by atoms with van der Waals surface area (Å²) in [6, 6.07) is 0. The Bertz CT molecular complexity index is 359. The zero-order chi connectivity index (χ0) is 10.8. The van der Waals surface area contributed by atoms with Gasteiger partial charge in [0.1, 0.15) is 5.15 Å². The van der Waals surface area contributed by atoms with Crippen LogP contribution in [0.15, 0.2) is 6.20 Å². The molecule has 1 fully saturated rings. The second kappa shape index (κ2) is 4.33. The van der Waals surface area contributed by atoms with Gasteiger partial charge in [-0.15, -0.1) is 0 Å². The average Bonchev–Trinajstić information content (AvgIpc) is 2.22. The van der Waals surface area contributed by atoms with Gasteiger partial charge in [-0.2, -0.15) is 0 Å². The summed E-state index contributed by atoms with van der Waals surface area (Å²) in [5.74, 6) is 0.615. The predicted molar refractivity (Wildman–Crippen MR) is 59.2 cm³/mol. The lowest BCUT2D eigenvalue weighted by Gasteiger charge is -2.30. The Morgan fingerprint density at radius 2 is 2.40 bits per heavy atom. The fourth-order valence-electron chi connectivity index (χ4n) is 1.70. The lowest BCUT2D eigenvalue weighted by Crippen LogP contribution is -2.39. The lowest BCUT2D eigenvalue weighted by molar-refractivity contribution is 0.153. The van der Waals surface area contributed by atoms with Gasteiger partial charge in [0.2, 0.25) is 5.95 Å². The van der Waals surface area contributed by atoms with Gasteiger partial charge in [0.15, 0.2) is 0 Å². The molecule has 1 saturated heterocycles. The molecular weight excluding hydrogens is 214 g/mol. The first kappa shape index (κ1) is 10.6. The second-order valence-electron chi connectivity index (χ2n) is 3.89. The SMILES string of the molecule is Cc1cnc(N2CCC[C@H](O)C2)nc1Cl. The van der Waals surface area contributed by atoms with E-state index in [1.54, 1.807) is 6.20 Å². The molecule has 0 aromatic carbocycles. The molecule has 0 bridgehead atoms. The summed E-state index contributed by atoms with van der Waals surface area (Å²) in [5, 5.41) is 10.0. The molecule has 0 unspecified atom stereocenters. The van der Waals surface area contributed by atoms with E-state index >= 15 is 0 Å². The van der Waals surface area contributed by atoms with Crippen molar-refractivity contribution in [1.82, 2.24) is 9.97 Å². The second-order valence-corrected chi connectivity index (χ2v) is 4.24. The van der Waals surface area contributed by atoms with Crippen LogP contribution in [0.4, 0.5) is 5.95 Å². The number of aryl methyl sites for hydroxylation is 1. The van der Waals surface area contributed by atoms with E-state index < -0.39 is 0 Å². The van der Waals surface area contributed by atoms with Crippen molar-refractivity contribution in [2.45, 2.75) is 25.9 Å². The Morgan fingerprint density at radius 1 is 1.60 bits per heavy atom. The molecule has 1 aliphatic heterocycles. The van der Waals surface area contributed by atoms with E-state index in [0.717, 1.165) is 24.9 Å². The average molecular weight is 228 g/mol. The molecule has 0 spiro atoms. The van der Waals surface area contributed by atoms with E-state index in [1.807, 2.05) is 11.8 Å². The Morgan fingerprint density at radius 3 is 3.07 bits per heavy atom. The minimum atomic E-state index is -0.276. The van der Waals surface area contributed by atoms with E-state index in [1.165, 1.54) is 0 Å². The van der Waals surface area contributed by atoms with Crippen LogP contribution in [-0.2, 0) is 0 Å². The van der Waals surface area contributed by atoms with Crippen LogP contribution in [0.1, 0.15) is 18.4 Å². The minimum absolute atomic E-state index is 0.276. The van der Waals surface area contributed by atoms with E-state index in [0.29, 0.717) is 17.6 Å². The molecule has 5 heteroatoms. The summed E-state index contributed by atoms with van der Waals surface area (Å²) < 4.78 is 0. The summed E-state index contributed by atoms with van der Waals surface area (Å²) in [5.41, 5.74) is 0.873. The van der Waals surface area contributed by atoms with Crippen molar-refractivity contribution >= 4 is 17.5 Å².